The zero-order valence-corrected chi connectivity index (χ0v) is 18.7. The first-order chi connectivity index (χ1) is 14.8. The molecule has 0 aliphatic carbocycles. The molecule has 2 heterocycles. The van der Waals surface area contributed by atoms with Crippen molar-refractivity contribution in [1.82, 2.24) is 24.3 Å². The first-order valence-electron chi connectivity index (χ1n) is 9.30. The number of anilines is 1. The van der Waals surface area contributed by atoms with Crippen LogP contribution in [0.15, 0.2) is 32.9 Å². The Balaban J connectivity index is 1.84. The normalized spacial score (nSPS) is 11.0. The third-order valence-corrected chi connectivity index (χ3v) is 5.61. The molecule has 3 aromatic rings. The van der Waals surface area contributed by atoms with Crippen LogP contribution in [0, 0.1) is 0 Å². The van der Waals surface area contributed by atoms with Crippen molar-refractivity contribution < 1.29 is 9.53 Å². The van der Waals surface area contributed by atoms with Crippen molar-refractivity contribution in [3.8, 4) is 17.1 Å². The molecule has 0 aliphatic heterocycles. The summed E-state index contributed by atoms with van der Waals surface area (Å²) >= 11 is 7.09. The molecule has 10 nitrogen and oxygen atoms in total. The molecule has 31 heavy (non-hydrogen) atoms. The maximum Gasteiger partial charge on any atom is 0.332 e. The highest BCUT2D eigenvalue weighted by atomic mass is 35.5. The van der Waals surface area contributed by atoms with Crippen LogP contribution in [0.4, 0.5) is 5.82 Å². The average molecular weight is 465 g/mol. The second-order valence-corrected chi connectivity index (χ2v) is 7.96. The Kier molecular flexibility index (Phi) is 6.86. The number of H-pyrrole nitrogens is 1. The van der Waals surface area contributed by atoms with Gasteiger partial charge in [0.1, 0.15) is 17.1 Å². The molecule has 0 atom stereocenters. The van der Waals surface area contributed by atoms with Crippen molar-refractivity contribution in [2.45, 2.75) is 25.0 Å². The van der Waals surface area contributed by atoms with Crippen LogP contribution in [0.3, 0.4) is 0 Å². The van der Waals surface area contributed by atoms with E-state index in [1.54, 1.807) is 18.2 Å². The van der Waals surface area contributed by atoms with Gasteiger partial charge in [-0.25, -0.2) is 9.78 Å². The molecule has 0 saturated carbocycles. The van der Waals surface area contributed by atoms with Crippen molar-refractivity contribution in [2.75, 3.05) is 18.6 Å². The molecule has 164 valence electrons. The van der Waals surface area contributed by atoms with Gasteiger partial charge < -0.3 is 10.5 Å². The monoisotopic (exact) mass is 464 g/mol. The van der Waals surface area contributed by atoms with Gasteiger partial charge in [0.25, 0.3) is 5.56 Å². The summed E-state index contributed by atoms with van der Waals surface area (Å²) < 4.78 is 7.43. The largest absolute Gasteiger partial charge is 0.496 e. The molecule has 0 spiro atoms. The third-order valence-electron chi connectivity index (χ3n) is 4.52. The number of nitrogens with one attached hydrogen (secondary N) is 1. The number of benzene rings is 1. The van der Waals surface area contributed by atoms with Crippen molar-refractivity contribution in [3.63, 3.8) is 0 Å². The number of nitrogens with zero attached hydrogens (tertiary/aromatic N) is 4. The fraction of sp³-hybridized carbons (Fsp3) is 0.316. The molecule has 0 radical (unpaired) electrons. The molecule has 1 aromatic carbocycles. The number of aromatic amines is 1. The Morgan fingerprint density at radius 3 is 2.77 bits per heavy atom. The van der Waals surface area contributed by atoms with E-state index in [2.05, 4.69) is 15.2 Å². The highest BCUT2D eigenvalue weighted by Gasteiger charge is 2.22. The zero-order valence-electron chi connectivity index (χ0n) is 17.1. The van der Waals surface area contributed by atoms with E-state index in [4.69, 9.17) is 22.1 Å². The topological polar surface area (TPSA) is 138 Å². The number of carbonyl (C=O) groups excluding carboxylic acids is 1. The predicted molar refractivity (Wildman–Crippen MR) is 119 cm³/mol. The van der Waals surface area contributed by atoms with Crippen LogP contribution in [0.5, 0.6) is 5.75 Å². The average Bonchev–Trinajstić information content (AvgIpc) is 3.23. The molecule has 0 saturated heterocycles. The second kappa shape index (κ2) is 9.40. The van der Waals surface area contributed by atoms with E-state index in [0.717, 1.165) is 16.3 Å². The number of carbonyl (C=O) groups is 1. The molecule has 3 rings (SSSR count). The minimum atomic E-state index is -0.722. The van der Waals surface area contributed by atoms with Crippen molar-refractivity contribution in [2.24, 2.45) is 7.05 Å². The number of ether oxygens (including phenoxy) is 1. The Morgan fingerprint density at radius 1 is 1.35 bits per heavy atom. The summed E-state index contributed by atoms with van der Waals surface area (Å²) in [4.78, 5) is 41.9. The molecular formula is C19H21ClN6O4S. The van der Waals surface area contributed by atoms with Crippen LogP contribution < -0.4 is 21.7 Å². The van der Waals surface area contributed by atoms with E-state index in [-0.39, 0.29) is 17.1 Å². The molecule has 0 unspecified atom stereocenters. The SMILES string of the molecule is CCCn1c(N)c(C(=O)CSc2n[nH]c(-c3cc(Cl)ccc3OC)n2)c(=O)n(C)c1=O. The van der Waals surface area contributed by atoms with Gasteiger partial charge in [0, 0.05) is 18.6 Å². The minimum absolute atomic E-state index is 0.125. The Hall–Kier alpha value is -3.05. The van der Waals surface area contributed by atoms with Gasteiger partial charge in [0.15, 0.2) is 11.6 Å². The lowest BCUT2D eigenvalue weighted by molar-refractivity contribution is 0.102. The summed E-state index contributed by atoms with van der Waals surface area (Å²) in [6.45, 7) is 2.17. The lowest BCUT2D eigenvalue weighted by atomic mass is 10.2. The summed E-state index contributed by atoms with van der Waals surface area (Å²) in [5.41, 5.74) is 5.12. The lowest BCUT2D eigenvalue weighted by Crippen LogP contribution is -2.42. The van der Waals surface area contributed by atoms with Crippen LogP contribution in [0.25, 0.3) is 11.4 Å². The van der Waals surface area contributed by atoms with Crippen LogP contribution >= 0.6 is 23.4 Å². The Labute approximate surface area is 186 Å². The number of halogens is 1. The van der Waals surface area contributed by atoms with E-state index in [9.17, 15) is 14.4 Å². The molecule has 2 aromatic heterocycles. The Bertz CT molecular complexity index is 1250. The number of nitrogens with two attached hydrogens (primary N) is 1. The third kappa shape index (κ3) is 4.52. The summed E-state index contributed by atoms with van der Waals surface area (Å²) in [5.74, 6) is 0.205. The number of hydrogen-bond donors (Lipinski definition) is 2. The maximum atomic E-state index is 12.8. The molecular weight excluding hydrogens is 444 g/mol. The van der Waals surface area contributed by atoms with Gasteiger partial charge in [0.05, 0.1) is 18.4 Å². The number of aromatic nitrogens is 5. The number of rotatable bonds is 8. The Morgan fingerprint density at radius 2 is 2.10 bits per heavy atom. The van der Waals surface area contributed by atoms with E-state index in [0.29, 0.717) is 40.3 Å². The van der Waals surface area contributed by atoms with Gasteiger partial charge in [-0.1, -0.05) is 30.3 Å². The fourth-order valence-corrected chi connectivity index (χ4v) is 3.83. The highest BCUT2D eigenvalue weighted by Crippen LogP contribution is 2.31. The quantitative estimate of drug-likeness (QED) is 0.381. The second-order valence-electron chi connectivity index (χ2n) is 6.58. The van der Waals surface area contributed by atoms with E-state index >= 15 is 0 Å². The van der Waals surface area contributed by atoms with Gasteiger partial charge in [-0.3, -0.25) is 23.8 Å². The first-order valence-corrected chi connectivity index (χ1v) is 10.7. The van der Waals surface area contributed by atoms with Crippen LogP contribution in [0.2, 0.25) is 5.02 Å². The highest BCUT2D eigenvalue weighted by molar-refractivity contribution is 7.99. The van der Waals surface area contributed by atoms with E-state index < -0.39 is 17.0 Å². The van der Waals surface area contributed by atoms with Crippen molar-refractivity contribution >= 4 is 35.0 Å². The molecule has 0 aliphatic rings. The van der Waals surface area contributed by atoms with Gasteiger partial charge in [0.2, 0.25) is 5.16 Å². The number of methoxy groups -OCH3 is 1. The predicted octanol–water partition coefficient (Wildman–Crippen LogP) is 1.96. The molecule has 0 bridgehead atoms. The number of ketones is 1. The standard InChI is InChI=1S/C19H21ClN6O4S/c1-4-7-26-15(21)14(17(28)25(2)19(26)29)12(27)9-31-18-22-16(23-24-18)11-8-10(20)5-6-13(11)30-3/h5-6,8H,4,7,9,21H2,1-3H3,(H,22,23,24). The van der Waals surface area contributed by atoms with Gasteiger partial charge >= 0.3 is 5.69 Å². The van der Waals surface area contributed by atoms with Crippen LogP contribution in [-0.4, -0.2) is 43.0 Å². The lowest BCUT2D eigenvalue weighted by Gasteiger charge is -2.13. The van der Waals surface area contributed by atoms with Gasteiger partial charge in [-0.2, -0.15) is 0 Å². The number of hydrogen-bond acceptors (Lipinski definition) is 8. The molecule has 0 fully saturated rings. The van der Waals surface area contributed by atoms with Gasteiger partial charge in [-0.15, -0.1) is 5.10 Å². The number of Topliss-reactive ketones (excluding diaryl/α,β-unsaturated/α-hetero) is 1. The maximum absolute atomic E-state index is 12.8. The number of nitrogen functional groups attached to an aromatic ring is 1. The summed E-state index contributed by atoms with van der Waals surface area (Å²) in [5, 5.41) is 7.68. The van der Waals surface area contributed by atoms with Crippen molar-refractivity contribution in [3.05, 3.63) is 49.6 Å². The van der Waals surface area contributed by atoms with Crippen LogP contribution in [-0.2, 0) is 13.6 Å². The smallest absolute Gasteiger partial charge is 0.332 e. The molecule has 12 heteroatoms. The zero-order chi connectivity index (χ0) is 22.7. The summed E-state index contributed by atoms with van der Waals surface area (Å²) in [6, 6.07) is 5.08. The van der Waals surface area contributed by atoms with E-state index in [1.165, 1.54) is 18.7 Å². The van der Waals surface area contributed by atoms with E-state index in [1.807, 2.05) is 6.92 Å². The minimum Gasteiger partial charge on any atom is -0.496 e. The first kappa shape index (κ1) is 22.6. The fourth-order valence-electron chi connectivity index (χ4n) is 2.98. The number of thioether (sulfide) groups is 1. The van der Waals surface area contributed by atoms with Crippen LogP contribution in [0.1, 0.15) is 23.7 Å². The summed E-state index contributed by atoms with van der Waals surface area (Å²) in [7, 11) is 2.85. The van der Waals surface area contributed by atoms with Crippen molar-refractivity contribution in [1.29, 1.82) is 0 Å². The molecule has 3 N–H and O–H groups in total. The molecule has 0 amide bonds. The summed E-state index contributed by atoms with van der Waals surface area (Å²) in [6.07, 6.45) is 0.623. The van der Waals surface area contributed by atoms with Gasteiger partial charge in [-0.05, 0) is 24.6 Å².